The maximum Gasteiger partial charge on any atom is 0.408 e. The van der Waals surface area contributed by atoms with E-state index in [4.69, 9.17) is 9.47 Å². The van der Waals surface area contributed by atoms with Crippen molar-refractivity contribution >= 4 is 23.9 Å². The Morgan fingerprint density at radius 2 is 1.55 bits per heavy atom. The molecule has 3 amide bonds. The number of hydrogen-bond acceptors (Lipinski definition) is 6. The molecule has 9 heteroatoms. The number of amides is 3. The maximum absolute atomic E-state index is 14.6. The van der Waals surface area contributed by atoms with Gasteiger partial charge in [0.1, 0.15) is 24.2 Å². The van der Waals surface area contributed by atoms with Crippen molar-refractivity contribution in [3.63, 3.8) is 0 Å². The second-order valence-corrected chi connectivity index (χ2v) is 12.2. The van der Waals surface area contributed by atoms with E-state index in [9.17, 15) is 19.2 Å². The van der Waals surface area contributed by atoms with Gasteiger partial charge in [-0.15, -0.1) is 0 Å². The first kappa shape index (κ1) is 36.3. The fourth-order valence-corrected chi connectivity index (χ4v) is 4.98. The predicted molar refractivity (Wildman–Crippen MR) is 172 cm³/mol. The lowest BCUT2D eigenvalue weighted by Crippen LogP contribution is -2.54. The molecule has 0 radical (unpaired) electrons. The molecule has 0 aliphatic heterocycles. The van der Waals surface area contributed by atoms with E-state index in [1.54, 1.807) is 25.7 Å². The number of esters is 1. The lowest BCUT2D eigenvalue weighted by Gasteiger charge is -2.35. The second-order valence-electron chi connectivity index (χ2n) is 12.2. The van der Waals surface area contributed by atoms with Gasteiger partial charge < -0.3 is 25.0 Å². The Labute approximate surface area is 263 Å². The standard InChI is InChI=1S/C35H51N3O6/c1-8-9-10-11-12-16-22-38(31(32(40)36-24-30(39)43-7)28-21-17-18-25(2)26(28)3)33(41)29(23-27-19-14-13-15-20-27)37-34(42)44-35(4,5)6/h13-15,17-21,29,31H,8-12,16,22-24H2,1-7H3,(H,36,40)(H,37,42). The van der Waals surface area contributed by atoms with Crippen LogP contribution in [-0.2, 0) is 30.3 Å². The van der Waals surface area contributed by atoms with Crippen LogP contribution in [0.5, 0.6) is 0 Å². The summed E-state index contributed by atoms with van der Waals surface area (Å²) in [7, 11) is 1.25. The third-order valence-corrected chi connectivity index (χ3v) is 7.44. The number of nitrogens with zero attached hydrogens (tertiary/aromatic N) is 1. The lowest BCUT2D eigenvalue weighted by atomic mass is 9.94. The van der Waals surface area contributed by atoms with E-state index in [1.807, 2.05) is 62.4 Å². The summed E-state index contributed by atoms with van der Waals surface area (Å²) in [6, 6.07) is 13.0. The number of ether oxygens (including phenoxy) is 2. The first-order valence-electron chi connectivity index (χ1n) is 15.6. The highest BCUT2D eigenvalue weighted by molar-refractivity contribution is 5.93. The number of hydrogen-bond donors (Lipinski definition) is 2. The number of benzene rings is 2. The van der Waals surface area contributed by atoms with Crippen LogP contribution in [0.15, 0.2) is 48.5 Å². The lowest BCUT2D eigenvalue weighted by molar-refractivity contribution is -0.144. The average Bonchev–Trinajstić information content (AvgIpc) is 2.97. The van der Waals surface area contributed by atoms with Crippen LogP contribution in [0, 0.1) is 13.8 Å². The topological polar surface area (TPSA) is 114 Å². The molecule has 0 aliphatic rings. The normalized spacial score (nSPS) is 12.5. The van der Waals surface area contributed by atoms with E-state index in [0.29, 0.717) is 12.0 Å². The number of nitrogens with one attached hydrogen (secondary N) is 2. The minimum absolute atomic E-state index is 0.204. The highest BCUT2D eigenvalue weighted by Gasteiger charge is 2.37. The van der Waals surface area contributed by atoms with E-state index >= 15 is 0 Å². The molecule has 2 atom stereocenters. The molecule has 0 fully saturated rings. The molecular weight excluding hydrogens is 558 g/mol. The third-order valence-electron chi connectivity index (χ3n) is 7.44. The zero-order chi connectivity index (χ0) is 32.7. The summed E-state index contributed by atoms with van der Waals surface area (Å²) in [6.45, 7) is 11.3. The predicted octanol–water partition coefficient (Wildman–Crippen LogP) is 5.96. The molecule has 2 aromatic rings. The van der Waals surface area contributed by atoms with E-state index in [0.717, 1.165) is 48.8 Å². The molecule has 0 spiro atoms. The van der Waals surface area contributed by atoms with Crippen molar-refractivity contribution in [1.82, 2.24) is 15.5 Å². The molecule has 2 aromatic carbocycles. The summed E-state index contributed by atoms with van der Waals surface area (Å²) in [6.07, 6.45) is 5.42. The molecule has 2 unspecified atom stereocenters. The third kappa shape index (κ3) is 12.0. The smallest absolute Gasteiger partial charge is 0.408 e. The monoisotopic (exact) mass is 609 g/mol. The Hall–Kier alpha value is -3.88. The van der Waals surface area contributed by atoms with E-state index < -0.39 is 41.6 Å². The number of carbonyl (C=O) groups excluding carboxylic acids is 4. The number of carbonyl (C=O) groups is 4. The van der Waals surface area contributed by atoms with Gasteiger partial charge in [0.25, 0.3) is 0 Å². The van der Waals surface area contributed by atoms with Crippen molar-refractivity contribution in [2.24, 2.45) is 0 Å². The summed E-state index contributed by atoms with van der Waals surface area (Å²) in [5.74, 6) is -1.51. The van der Waals surface area contributed by atoms with Crippen LogP contribution >= 0.6 is 0 Å². The molecule has 0 aliphatic carbocycles. The van der Waals surface area contributed by atoms with Crippen LogP contribution in [0.1, 0.15) is 94.5 Å². The molecule has 0 heterocycles. The van der Waals surface area contributed by atoms with Crippen molar-refractivity contribution in [2.45, 2.75) is 104 Å². The van der Waals surface area contributed by atoms with Crippen molar-refractivity contribution < 1.29 is 28.7 Å². The van der Waals surface area contributed by atoms with Gasteiger partial charge in [0.05, 0.1) is 7.11 Å². The van der Waals surface area contributed by atoms with Gasteiger partial charge in [0.2, 0.25) is 11.8 Å². The van der Waals surface area contributed by atoms with Crippen molar-refractivity contribution in [3.05, 3.63) is 70.8 Å². The zero-order valence-electron chi connectivity index (χ0n) is 27.5. The zero-order valence-corrected chi connectivity index (χ0v) is 27.5. The van der Waals surface area contributed by atoms with Crippen LogP contribution in [0.25, 0.3) is 0 Å². The quantitative estimate of drug-likeness (QED) is 0.179. The minimum atomic E-state index is -1.04. The summed E-state index contributed by atoms with van der Waals surface area (Å²) in [5, 5.41) is 5.47. The Morgan fingerprint density at radius 3 is 2.18 bits per heavy atom. The molecular formula is C35H51N3O6. The van der Waals surface area contributed by atoms with Crippen molar-refractivity contribution in [1.29, 1.82) is 0 Å². The second kappa shape index (κ2) is 18.0. The number of rotatable bonds is 16. The average molecular weight is 610 g/mol. The van der Waals surface area contributed by atoms with Crippen LogP contribution in [0.4, 0.5) is 4.79 Å². The highest BCUT2D eigenvalue weighted by atomic mass is 16.6. The summed E-state index contributed by atoms with van der Waals surface area (Å²) >= 11 is 0. The molecule has 2 rings (SSSR count). The molecule has 9 nitrogen and oxygen atoms in total. The first-order chi connectivity index (χ1) is 20.9. The fraction of sp³-hybridized carbons (Fsp3) is 0.543. The van der Waals surface area contributed by atoms with E-state index in [2.05, 4.69) is 17.6 Å². The van der Waals surface area contributed by atoms with Gasteiger partial charge in [-0.1, -0.05) is 87.6 Å². The van der Waals surface area contributed by atoms with Crippen LogP contribution in [0.3, 0.4) is 0 Å². The van der Waals surface area contributed by atoms with Gasteiger partial charge >= 0.3 is 12.1 Å². The number of unbranched alkanes of at least 4 members (excludes halogenated alkanes) is 5. The Kier molecular flexibility index (Phi) is 14.9. The van der Waals surface area contributed by atoms with E-state index in [-0.39, 0.29) is 19.5 Å². The summed E-state index contributed by atoms with van der Waals surface area (Å²) in [4.78, 5) is 55.0. The van der Waals surface area contributed by atoms with Crippen molar-refractivity contribution in [2.75, 3.05) is 20.2 Å². The van der Waals surface area contributed by atoms with Gasteiger partial charge in [-0.3, -0.25) is 14.4 Å². The number of aryl methyl sites for hydroxylation is 1. The molecule has 2 N–H and O–H groups in total. The van der Waals surface area contributed by atoms with Crippen molar-refractivity contribution in [3.8, 4) is 0 Å². The van der Waals surface area contributed by atoms with Gasteiger partial charge in [0.15, 0.2) is 0 Å². The maximum atomic E-state index is 14.6. The van der Waals surface area contributed by atoms with Crippen LogP contribution in [-0.4, -0.2) is 60.6 Å². The van der Waals surface area contributed by atoms with Gasteiger partial charge in [-0.25, -0.2) is 4.79 Å². The number of alkyl carbamates (subject to hydrolysis) is 1. The van der Waals surface area contributed by atoms with Crippen LogP contribution < -0.4 is 10.6 Å². The fourth-order valence-electron chi connectivity index (χ4n) is 4.98. The molecule has 0 saturated carbocycles. The SMILES string of the molecule is CCCCCCCCN(C(=O)C(Cc1ccccc1)NC(=O)OC(C)(C)C)C(C(=O)NCC(=O)OC)c1cccc(C)c1C. The molecule has 242 valence electrons. The van der Waals surface area contributed by atoms with Crippen LogP contribution in [0.2, 0.25) is 0 Å². The Morgan fingerprint density at radius 1 is 0.886 bits per heavy atom. The van der Waals surface area contributed by atoms with E-state index in [1.165, 1.54) is 7.11 Å². The number of methoxy groups -OCH3 is 1. The molecule has 0 aromatic heterocycles. The molecule has 0 bridgehead atoms. The molecule has 44 heavy (non-hydrogen) atoms. The van der Waals surface area contributed by atoms with Gasteiger partial charge in [-0.2, -0.15) is 0 Å². The summed E-state index contributed by atoms with van der Waals surface area (Å²) < 4.78 is 10.3. The summed E-state index contributed by atoms with van der Waals surface area (Å²) in [5.41, 5.74) is 2.57. The highest BCUT2D eigenvalue weighted by Crippen LogP contribution is 2.28. The van der Waals surface area contributed by atoms with Gasteiger partial charge in [0, 0.05) is 13.0 Å². The molecule has 0 saturated heterocycles. The Bertz CT molecular complexity index is 1220. The first-order valence-corrected chi connectivity index (χ1v) is 15.6. The Balaban J connectivity index is 2.58. The van der Waals surface area contributed by atoms with Gasteiger partial charge in [-0.05, 0) is 63.3 Å². The minimum Gasteiger partial charge on any atom is -0.468 e. The largest absolute Gasteiger partial charge is 0.468 e.